The van der Waals surface area contributed by atoms with Crippen LogP contribution in [0.3, 0.4) is 0 Å². The fourth-order valence-electron chi connectivity index (χ4n) is 4.97. The Morgan fingerprint density at radius 2 is 2.06 bits per heavy atom. The maximum absolute atomic E-state index is 14.1. The van der Waals surface area contributed by atoms with Crippen LogP contribution in [0.5, 0.6) is 5.75 Å². The predicted octanol–water partition coefficient (Wildman–Crippen LogP) is 4.46. The summed E-state index contributed by atoms with van der Waals surface area (Å²) in [7, 11) is 0. The lowest BCUT2D eigenvalue weighted by molar-refractivity contribution is -0.139. The van der Waals surface area contributed by atoms with Gasteiger partial charge in [-0.1, -0.05) is 18.2 Å². The van der Waals surface area contributed by atoms with E-state index in [1.54, 1.807) is 12.1 Å². The van der Waals surface area contributed by atoms with Gasteiger partial charge in [0.15, 0.2) is 0 Å². The Bertz CT molecular complexity index is 1110. The first kappa shape index (κ1) is 25.9. The SMILES string of the molecule is CSc1ccc(CC(C)(C)NCC(O)CO[C@H](C)c2ccc(C)c3c2[C@@H]2[C@H](O3)[C@H]2C(=O)O)cc1F. The van der Waals surface area contributed by atoms with Crippen LogP contribution in [0.25, 0.3) is 0 Å². The lowest BCUT2D eigenvalue weighted by Crippen LogP contribution is -2.46. The van der Waals surface area contributed by atoms with Crippen molar-refractivity contribution in [1.82, 2.24) is 5.32 Å². The fraction of sp³-hybridized carbons (Fsp3) is 0.519. The predicted molar refractivity (Wildman–Crippen MR) is 134 cm³/mol. The first-order valence-electron chi connectivity index (χ1n) is 11.9. The number of carboxylic acid groups (broad SMARTS) is 1. The molecule has 0 saturated heterocycles. The van der Waals surface area contributed by atoms with Crippen molar-refractivity contribution < 1.29 is 28.9 Å². The minimum atomic E-state index is -0.835. The van der Waals surface area contributed by atoms with E-state index in [0.717, 1.165) is 28.0 Å². The van der Waals surface area contributed by atoms with Gasteiger partial charge in [-0.3, -0.25) is 4.79 Å². The molecule has 2 aromatic carbocycles. The van der Waals surface area contributed by atoms with E-state index < -0.39 is 18.0 Å². The molecule has 6 nitrogen and oxygen atoms in total. The molecule has 0 bridgehead atoms. The molecule has 3 N–H and O–H groups in total. The Morgan fingerprint density at radius 3 is 2.71 bits per heavy atom. The Balaban J connectivity index is 1.31. The monoisotopic (exact) mass is 503 g/mol. The van der Waals surface area contributed by atoms with Crippen LogP contribution in [0.2, 0.25) is 0 Å². The van der Waals surface area contributed by atoms with Gasteiger partial charge in [-0.2, -0.15) is 0 Å². The number of aliphatic carboxylic acids is 1. The molecule has 1 heterocycles. The number of aliphatic hydroxyl groups excluding tert-OH is 1. The third-order valence-corrected chi connectivity index (χ3v) is 7.68. The van der Waals surface area contributed by atoms with Crippen LogP contribution >= 0.6 is 11.8 Å². The molecular weight excluding hydrogens is 469 g/mol. The number of thioether (sulfide) groups is 1. The molecule has 1 unspecified atom stereocenters. The minimum absolute atomic E-state index is 0.126. The summed E-state index contributed by atoms with van der Waals surface area (Å²) in [5.41, 5.74) is 3.38. The number of hydrogen-bond donors (Lipinski definition) is 3. The summed E-state index contributed by atoms with van der Waals surface area (Å²) >= 11 is 1.38. The van der Waals surface area contributed by atoms with Gasteiger partial charge in [0.1, 0.15) is 23.6 Å². The van der Waals surface area contributed by atoms with Gasteiger partial charge in [0.2, 0.25) is 0 Å². The summed E-state index contributed by atoms with van der Waals surface area (Å²) in [6.45, 7) is 8.35. The molecule has 2 aromatic rings. The number of halogens is 1. The molecular formula is C27H34FNO5S. The molecule has 1 saturated carbocycles. The standard InChI is InChI=1S/C27H34FNO5S/c1-14-6-8-18(21-22-23(26(31)32)25(22)34-24(14)21)15(2)33-13-17(30)12-29-27(3,4)11-16-7-9-20(35-5)19(28)10-16/h6-10,15,17,22-23,25,29-30H,11-13H2,1-5H3,(H,31,32)/t15-,17?,22+,23+,25+/m1/s1. The molecule has 0 aromatic heterocycles. The van der Waals surface area contributed by atoms with E-state index >= 15 is 0 Å². The molecule has 1 aliphatic carbocycles. The Hall–Kier alpha value is -2.13. The normalized spacial score (nSPS) is 22.2. The second kappa shape index (κ2) is 10.1. The summed E-state index contributed by atoms with van der Waals surface area (Å²) in [5, 5.41) is 23.3. The van der Waals surface area contributed by atoms with Crippen molar-refractivity contribution in [3.8, 4) is 5.75 Å². The number of β-amino-alcohol motifs (C(OH)–C–C–N with tert-alkyl or cyclic N) is 1. The number of benzene rings is 2. The summed E-state index contributed by atoms with van der Waals surface area (Å²) in [6.07, 6.45) is 1.12. The topological polar surface area (TPSA) is 88.0 Å². The number of aliphatic hydroxyl groups is 1. The molecule has 0 amide bonds. The fourth-order valence-corrected chi connectivity index (χ4v) is 5.43. The van der Waals surface area contributed by atoms with Crippen LogP contribution in [0.15, 0.2) is 35.2 Å². The number of ether oxygens (including phenoxy) is 2. The zero-order valence-corrected chi connectivity index (χ0v) is 21.6. The van der Waals surface area contributed by atoms with E-state index in [1.165, 1.54) is 11.8 Å². The highest BCUT2D eigenvalue weighted by molar-refractivity contribution is 7.98. The smallest absolute Gasteiger partial charge is 0.311 e. The molecule has 1 aliphatic heterocycles. The van der Waals surface area contributed by atoms with E-state index in [9.17, 15) is 19.4 Å². The van der Waals surface area contributed by atoms with Gasteiger partial charge in [0, 0.05) is 28.5 Å². The molecule has 35 heavy (non-hydrogen) atoms. The lowest BCUT2D eigenvalue weighted by Gasteiger charge is -2.28. The first-order valence-corrected chi connectivity index (χ1v) is 13.1. The van der Waals surface area contributed by atoms with Gasteiger partial charge >= 0.3 is 5.97 Å². The van der Waals surface area contributed by atoms with Crippen molar-refractivity contribution in [2.75, 3.05) is 19.4 Å². The molecule has 2 aliphatic rings. The van der Waals surface area contributed by atoms with Crippen molar-refractivity contribution in [3.05, 3.63) is 58.4 Å². The van der Waals surface area contributed by atoms with Crippen LogP contribution in [0.1, 0.15) is 55.0 Å². The molecule has 4 rings (SSSR count). The highest BCUT2D eigenvalue weighted by atomic mass is 32.2. The van der Waals surface area contributed by atoms with Crippen LogP contribution in [-0.2, 0) is 16.0 Å². The summed E-state index contributed by atoms with van der Waals surface area (Å²) in [5.74, 6) is -0.910. The van der Waals surface area contributed by atoms with Gasteiger partial charge in [-0.25, -0.2) is 4.39 Å². The number of carboxylic acids is 1. The van der Waals surface area contributed by atoms with Gasteiger partial charge in [0.25, 0.3) is 0 Å². The number of hydrogen-bond acceptors (Lipinski definition) is 6. The van der Waals surface area contributed by atoms with Crippen LogP contribution < -0.4 is 10.1 Å². The lowest BCUT2D eigenvalue weighted by atomic mass is 9.94. The largest absolute Gasteiger partial charge is 0.488 e. The zero-order chi connectivity index (χ0) is 25.5. The summed E-state index contributed by atoms with van der Waals surface area (Å²) in [4.78, 5) is 12.1. The molecule has 0 radical (unpaired) electrons. The molecule has 5 atom stereocenters. The second-order valence-electron chi connectivity index (χ2n) is 10.2. The van der Waals surface area contributed by atoms with Crippen molar-refractivity contribution in [3.63, 3.8) is 0 Å². The average Bonchev–Trinajstić information content (AvgIpc) is 3.38. The zero-order valence-electron chi connectivity index (χ0n) is 20.8. The molecule has 1 fully saturated rings. The molecule has 190 valence electrons. The quantitative estimate of drug-likeness (QED) is 0.390. The maximum Gasteiger partial charge on any atom is 0.311 e. The van der Waals surface area contributed by atoms with Crippen LogP contribution in [0, 0.1) is 18.7 Å². The first-order chi connectivity index (χ1) is 16.5. The highest BCUT2D eigenvalue weighted by Crippen LogP contribution is 2.61. The summed E-state index contributed by atoms with van der Waals surface area (Å²) < 4.78 is 26.0. The van der Waals surface area contributed by atoms with E-state index in [0.29, 0.717) is 17.9 Å². The number of fused-ring (bicyclic) bond motifs is 3. The number of carbonyl (C=O) groups is 1. The van der Waals surface area contributed by atoms with E-state index in [4.69, 9.17) is 9.47 Å². The van der Waals surface area contributed by atoms with Crippen LogP contribution in [-0.4, -0.2) is 53.3 Å². The Kier molecular flexibility index (Phi) is 7.48. The van der Waals surface area contributed by atoms with E-state index in [1.807, 2.05) is 52.1 Å². The molecule has 8 heteroatoms. The third kappa shape index (κ3) is 5.50. The highest BCUT2D eigenvalue weighted by Gasteiger charge is 2.64. The average molecular weight is 504 g/mol. The van der Waals surface area contributed by atoms with Gasteiger partial charge in [0.05, 0.1) is 18.8 Å². The summed E-state index contributed by atoms with van der Waals surface area (Å²) in [6, 6.07) is 9.23. The van der Waals surface area contributed by atoms with Crippen molar-refractivity contribution >= 4 is 17.7 Å². The van der Waals surface area contributed by atoms with Crippen molar-refractivity contribution in [2.24, 2.45) is 5.92 Å². The maximum atomic E-state index is 14.1. The number of aryl methyl sites for hydroxylation is 1. The van der Waals surface area contributed by atoms with E-state index in [2.05, 4.69) is 5.32 Å². The van der Waals surface area contributed by atoms with Gasteiger partial charge < -0.3 is 25.0 Å². The van der Waals surface area contributed by atoms with Gasteiger partial charge in [-0.05, 0) is 69.2 Å². The number of rotatable bonds is 11. The van der Waals surface area contributed by atoms with Gasteiger partial charge in [-0.15, -0.1) is 11.8 Å². The van der Waals surface area contributed by atoms with Crippen molar-refractivity contribution in [1.29, 1.82) is 0 Å². The minimum Gasteiger partial charge on any atom is -0.488 e. The third-order valence-electron chi connectivity index (χ3n) is 6.91. The van der Waals surface area contributed by atoms with Crippen molar-refractivity contribution in [2.45, 2.75) is 68.8 Å². The van der Waals surface area contributed by atoms with Crippen LogP contribution in [0.4, 0.5) is 4.39 Å². The Morgan fingerprint density at radius 1 is 1.31 bits per heavy atom. The Labute approximate surface area is 210 Å². The van der Waals surface area contributed by atoms with E-state index in [-0.39, 0.29) is 36.1 Å². The molecule has 0 spiro atoms. The second-order valence-corrected chi connectivity index (χ2v) is 11.1. The number of nitrogens with one attached hydrogen (secondary N) is 1.